The van der Waals surface area contributed by atoms with Gasteiger partial charge in [-0.15, -0.1) is 10.2 Å². The number of phenolic OH excluding ortho intramolecular Hbond substituents is 1. The van der Waals surface area contributed by atoms with Crippen LogP contribution in [0.3, 0.4) is 0 Å². The van der Waals surface area contributed by atoms with E-state index in [1.807, 2.05) is 6.92 Å². The average Bonchev–Trinajstić information content (AvgIpc) is 3.01. The smallest absolute Gasteiger partial charge is 0.297 e. The highest BCUT2D eigenvalue weighted by atomic mass is 32.2. The zero-order valence-corrected chi connectivity index (χ0v) is 27.3. The molecule has 0 unspecified atom stereocenters. The largest absolute Gasteiger partial charge is 0.505 e. The molecule has 0 aliphatic carbocycles. The molecule has 0 bridgehead atoms. The fourth-order valence-corrected chi connectivity index (χ4v) is 6.70. The van der Waals surface area contributed by atoms with Crippen LogP contribution < -0.4 is 16.0 Å². The van der Waals surface area contributed by atoms with Gasteiger partial charge in [0.2, 0.25) is 17.8 Å². The van der Waals surface area contributed by atoms with Crippen LogP contribution >= 0.6 is 0 Å². The zero-order valence-electron chi connectivity index (χ0n) is 24.8. The molecular formula is C27H26N8O10S3. The van der Waals surface area contributed by atoms with Gasteiger partial charge < -0.3 is 21.1 Å². The summed E-state index contributed by atoms with van der Waals surface area (Å²) in [5.41, 5.74) is -1.62. The second-order valence-electron chi connectivity index (χ2n) is 10.0. The van der Waals surface area contributed by atoms with Crippen LogP contribution in [0.5, 0.6) is 5.75 Å². The fraction of sp³-hybridized carbons (Fsp3) is 0.148. The van der Waals surface area contributed by atoms with Gasteiger partial charge in [-0.05, 0) is 41.5 Å². The van der Waals surface area contributed by atoms with Crippen LogP contribution in [0.2, 0.25) is 0 Å². The molecule has 5 aromatic rings. The number of rotatable bonds is 11. The maximum atomic E-state index is 12.5. The van der Waals surface area contributed by atoms with Gasteiger partial charge in [-0.2, -0.15) is 40.2 Å². The first-order valence-electron chi connectivity index (χ1n) is 13.7. The molecule has 0 saturated carbocycles. The van der Waals surface area contributed by atoms with E-state index in [1.54, 1.807) is 12.1 Å². The van der Waals surface area contributed by atoms with Gasteiger partial charge in [0.15, 0.2) is 5.75 Å². The summed E-state index contributed by atoms with van der Waals surface area (Å²) in [5, 5.41) is 27.3. The Kier molecular flexibility index (Phi) is 9.18. The molecule has 4 aromatic carbocycles. The van der Waals surface area contributed by atoms with Crippen LogP contribution in [-0.4, -0.2) is 72.6 Å². The van der Waals surface area contributed by atoms with Crippen molar-refractivity contribution in [1.29, 1.82) is 0 Å². The van der Waals surface area contributed by atoms with Crippen molar-refractivity contribution >= 4 is 86.8 Å². The van der Waals surface area contributed by atoms with Crippen LogP contribution in [0.4, 0.5) is 34.9 Å². The number of nitrogens with zero attached hydrogens (tertiary/aromatic N) is 5. The van der Waals surface area contributed by atoms with E-state index in [4.69, 9.17) is 0 Å². The first-order valence-corrected chi connectivity index (χ1v) is 18.0. The Labute approximate surface area is 273 Å². The topological polar surface area (TPSA) is 283 Å². The number of anilines is 4. The highest BCUT2D eigenvalue weighted by molar-refractivity contribution is 7.86. The van der Waals surface area contributed by atoms with Crippen LogP contribution in [0, 0.1) is 0 Å². The summed E-state index contributed by atoms with van der Waals surface area (Å²) in [6, 6.07) is 11.2. The van der Waals surface area contributed by atoms with Crippen molar-refractivity contribution < 1.29 is 44.0 Å². The molecule has 1 heterocycles. The molecule has 0 spiro atoms. The normalized spacial score (nSPS) is 12.5. The maximum Gasteiger partial charge on any atom is 0.297 e. The number of benzene rings is 4. The zero-order chi connectivity index (χ0) is 35.0. The number of hydrogen-bond acceptors (Lipinski definition) is 15. The standard InChI is InChI=1S/C27H26N8O10S3/c1-3-10-29-26-31-25(28-2)32-27(33-26)30-19-13-16(46(37,38)39)11-15-12-20(47(40,41)42)22(23(36)21(15)19)35-34-18-9-8-14-6-4-5-7-17(14)24(18)48(43,44)45/h4-9,11-13,36H,3,10H2,1-2H3,(H,37,38,39)(H,40,41,42)(H,43,44,45)(H3,28,29,30,31,32,33). The van der Waals surface area contributed by atoms with E-state index in [2.05, 4.69) is 41.1 Å². The molecule has 0 atom stereocenters. The summed E-state index contributed by atoms with van der Waals surface area (Å²) >= 11 is 0. The van der Waals surface area contributed by atoms with Crippen molar-refractivity contribution in [3.05, 3.63) is 54.6 Å². The summed E-state index contributed by atoms with van der Waals surface area (Å²) in [6.45, 7) is 2.39. The Morgan fingerprint density at radius 2 is 1.46 bits per heavy atom. The number of fused-ring (bicyclic) bond motifs is 2. The quantitative estimate of drug-likeness (QED) is 0.0723. The molecule has 0 amide bonds. The number of phenols is 1. The third-order valence-corrected chi connectivity index (χ3v) is 9.36. The van der Waals surface area contributed by atoms with E-state index in [-0.39, 0.29) is 39.7 Å². The van der Waals surface area contributed by atoms with Crippen molar-refractivity contribution in [3.63, 3.8) is 0 Å². The lowest BCUT2D eigenvalue weighted by molar-refractivity contribution is 0.472. The second-order valence-corrected chi connectivity index (χ2v) is 14.2. The number of azo groups is 1. The molecule has 0 aliphatic heterocycles. The molecule has 1 aromatic heterocycles. The number of aromatic nitrogens is 3. The maximum absolute atomic E-state index is 12.5. The minimum atomic E-state index is -5.23. The van der Waals surface area contributed by atoms with Gasteiger partial charge in [-0.3, -0.25) is 13.7 Å². The lowest BCUT2D eigenvalue weighted by Crippen LogP contribution is -2.10. The molecule has 18 nitrogen and oxygen atoms in total. The van der Waals surface area contributed by atoms with E-state index < -0.39 is 62.2 Å². The molecular weight excluding hydrogens is 693 g/mol. The van der Waals surface area contributed by atoms with E-state index >= 15 is 0 Å². The lowest BCUT2D eigenvalue weighted by Gasteiger charge is -2.15. The molecule has 0 radical (unpaired) electrons. The van der Waals surface area contributed by atoms with Crippen molar-refractivity contribution in [2.75, 3.05) is 29.5 Å². The van der Waals surface area contributed by atoms with E-state index in [0.717, 1.165) is 24.6 Å². The predicted octanol–water partition coefficient (Wildman–Crippen LogP) is 4.65. The van der Waals surface area contributed by atoms with Gasteiger partial charge in [0, 0.05) is 24.4 Å². The fourth-order valence-electron chi connectivity index (χ4n) is 4.67. The number of aromatic hydroxyl groups is 1. The molecule has 7 N–H and O–H groups in total. The summed E-state index contributed by atoms with van der Waals surface area (Å²) in [7, 11) is -13.6. The Morgan fingerprint density at radius 3 is 2.10 bits per heavy atom. The van der Waals surface area contributed by atoms with Crippen molar-refractivity contribution in [1.82, 2.24) is 15.0 Å². The molecule has 252 valence electrons. The number of hydrogen-bond donors (Lipinski definition) is 7. The SMILES string of the molecule is CCCNc1nc(NC)nc(Nc2cc(S(=O)(=O)O)cc3cc(S(=O)(=O)O)c(N=Nc4ccc5ccccc5c4S(=O)(=O)O)c(O)c23)n1. The lowest BCUT2D eigenvalue weighted by atomic mass is 10.1. The first kappa shape index (κ1) is 34.3. The summed E-state index contributed by atoms with van der Waals surface area (Å²) in [6.07, 6.45) is 0.719. The van der Waals surface area contributed by atoms with Gasteiger partial charge in [-0.1, -0.05) is 37.3 Å². The minimum Gasteiger partial charge on any atom is -0.505 e. The van der Waals surface area contributed by atoms with Crippen molar-refractivity contribution in [2.24, 2.45) is 10.2 Å². The van der Waals surface area contributed by atoms with Gasteiger partial charge >= 0.3 is 0 Å². The van der Waals surface area contributed by atoms with Gasteiger partial charge in [-0.25, -0.2) is 0 Å². The van der Waals surface area contributed by atoms with E-state index in [1.165, 1.54) is 31.3 Å². The van der Waals surface area contributed by atoms with Crippen LogP contribution in [0.25, 0.3) is 21.5 Å². The van der Waals surface area contributed by atoms with Gasteiger partial charge in [0.05, 0.1) is 10.6 Å². The monoisotopic (exact) mass is 718 g/mol. The van der Waals surface area contributed by atoms with Crippen molar-refractivity contribution in [3.8, 4) is 5.75 Å². The molecule has 0 fully saturated rings. The van der Waals surface area contributed by atoms with Gasteiger partial charge in [0.1, 0.15) is 21.2 Å². The van der Waals surface area contributed by atoms with Gasteiger partial charge in [0.25, 0.3) is 30.4 Å². The second kappa shape index (κ2) is 12.9. The molecule has 0 aliphatic rings. The Hall–Kier alpha value is -5.06. The molecule has 0 saturated heterocycles. The third-order valence-electron chi connectivity index (χ3n) is 6.71. The predicted molar refractivity (Wildman–Crippen MR) is 175 cm³/mol. The molecule has 5 rings (SSSR count). The van der Waals surface area contributed by atoms with Crippen molar-refractivity contribution in [2.45, 2.75) is 28.0 Å². The summed E-state index contributed by atoms with van der Waals surface area (Å²) in [4.78, 5) is 10.1. The first-order chi connectivity index (χ1) is 22.5. The molecule has 48 heavy (non-hydrogen) atoms. The van der Waals surface area contributed by atoms with Crippen LogP contribution in [0.1, 0.15) is 13.3 Å². The number of nitrogens with one attached hydrogen (secondary N) is 3. The van der Waals surface area contributed by atoms with E-state index in [0.29, 0.717) is 11.9 Å². The average molecular weight is 719 g/mol. The molecule has 21 heteroatoms. The highest BCUT2D eigenvalue weighted by Gasteiger charge is 2.27. The summed E-state index contributed by atoms with van der Waals surface area (Å²) < 4.78 is 104. The van der Waals surface area contributed by atoms with Crippen LogP contribution in [-0.2, 0) is 30.4 Å². The Morgan fingerprint density at radius 1 is 0.771 bits per heavy atom. The minimum absolute atomic E-state index is 0.0597. The van der Waals surface area contributed by atoms with E-state index in [9.17, 15) is 44.0 Å². The summed E-state index contributed by atoms with van der Waals surface area (Å²) in [5.74, 6) is -0.961. The Balaban J connectivity index is 1.79. The van der Waals surface area contributed by atoms with Crippen LogP contribution in [0.15, 0.2) is 79.5 Å². The third kappa shape index (κ3) is 7.10. The Bertz CT molecular complexity index is 2460. The highest BCUT2D eigenvalue weighted by Crippen LogP contribution is 2.46.